The minimum atomic E-state index is -1.08. The van der Waals surface area contributed by atoms with Gasteiger partial charge in [0, 0.05) is 41.9 Å². The number of carbonyl (C=O) groups excluding carboxylic acids is 1. The van der Waals surface area contributed by atoms with Gasteiger partial charge in [-0.15, -0.1) is 0 Å². The minimum Gasteiger partial charge on any atom is -0.495 e. The van der Waals surface area contributed by atoms with Gasteiger partial charge in [0.2, 0.25) is 0 Å². The van der Waals surface area contributed by atoms with Gasteiger partial charge >= 0.3 is 6.03 Å². The first-order valence-corrected chi connectivity index (χ1v) is 9.55. The zero-order chi connectivity index (χ0) is 21.4. The maximum absolute atomic E-state index is 14.2. The van der Waals surface area contributed by atoms with E-state index in [0.29, 0.717) is 34.2 Å². The highest BCUT2D eigenvalue weighted by molar-refractivity contribution is 8.01. The number of pyridine rings is 2. The smallest absolute Gasteiger partial charge is 0.341 e. The van der Waals surface area contributed by atoms with E-state index in [1.807, 2.05) is 0 Å². The molecule has 0 aliphatic carbocycles. The van der Waals surface area contributed by atoms with Gasteiger partial charge in [0.05, 0.1) is 36.1 Å². The molecule has 1 aliphatic rings. The van der Waals surface area contributed by atoms with E-state index in [1.54, 1.807) is 25.1 Å². The molecule has 0 bridgehead atoms. The molecule has 3 aromatic rings. The molecule has 2 aromatic heterocycles. The van der Waals surface area contributed by atoms with E-state index >= 15 is 0 Å². The number of aromatic nitrogens is 2. The number of fused-ring (bicyclic) bond motifs is 1. The third-order valence-electron chi connectivity index (χ3n) is 4.50. The molecule has 6 nitrogen and oxygen atoms in total. The first-order chi connectivity index (χ1) is 14.4. The van der Waals surface area contributed by atoms with Gasteiger partial charge in [-0.25, -0.2) is 27.3 Å². The zero-order valence-electron chi connectivity index (χ0n) is 15.9. The average molecular weight is 432 g/mol. The normalized spacial score (nSPS) is 13.4. The topological polar surface area (TPSA) is 58.6 Å². The van der Waals surface area contributed by atoms with Crippen molar-refractivity contribution in [3.05, 3.63) is 71.4 Å². The summed E-state index contributed by atoms with van der Waals surface area (Å²) in [7, 11) is 1.49. The fourth-order valence-corrected chi connectivity index (χ4v) is 3.96. The van der Waals surface area contributed by atoms with Crippen LogP contribution in [0.2, 0.25) is 0 Å². The Bertz CT molecular complexity index is 1120. The molecule has 0 N–H and O–H groups in total. The molecule has 0 fully saturated rings. The number of hydrogen-bond acceptors (Lipinski definition) is 5. The second kappa shape index (κ2) is 7.86. The Morgan fingerprint density at radius 1 is 1.13 bits per heavy atom. The van der Waals surface area contributed by atoms with Crippen LogP contribution in [0.5, 0.6) is 5.75 Å². The highest BCUT2D eigenvalue weighted by atomic mass is 32.2. The number of methoxy groups -OCH3 is 1. The lowest BCUT2D eigenvalue weighted by atomic mass is 10.1. The molecule has 10 heteroatoms. The van der Waals surface area contributed by atoms with E-state index in [-0.39, 0.29) is 5.82 Å². The number of hydrogen-bond donors (Lipinski definition) is 0. The van der Waals surface area contributed by atoms with E-state index in [2.05, 4.69) is 9.97 Å². The predicted molar refractivity (Wildman–Crippen MR) is 106 cm³/mol. The average Bonchev–Trinajstić information content (AvgIpc) is 2.72. The number of anilines is 2. The molecule has 0 atom stereocenters. The van der Waals surface area contributed by atoms with Gasteiger partial charge in [-0.3, -0.25) is 9.88 Å². The van der Waals surface area contributed by atoms with Crippen molar-refractivity contribution in [3.8, 4) is 5.75 Å². The summed E-state index contributed by atoms with van der Waals surface area (Å²) >= 11 is 1.10. The third-order valence-corrected chi connectivity index (χ3v) is 5.57. The van der Waals surface area contributed by atoms with Crippen molar-refractivity contribution < 1.29 is 22.7 Å². The second-order valence-corrected chi connectivity index (χ2v) is 7.40. The highest BCUT2D eigenvalue weighted by Gasteiger charge is 2.35. The third kappa shape index (κ3) is 3.54. The van der Waals surface area contributed by atoms with Gasteiger partial charge < -0.3 is 4.74 Å². The molecule has 4 rings (SSSR count). The van der Waals surface area contributed by atoms with Crippen LogP contribution in [0.25, 0.3) is 0 Å². The van der Waals surface area contributed by atoms with Crippen molar-refractivity contribution in [2.24, 2.45) is 0 Å². The Hall–Kier alpha value is -3.27. The van der Waals surface area contributed by atoms with Crippen molar-refractivity contribution in [2.75, 3.05) is 16.3 Å². The molecule has 154 valence electrons. The van der Waals surface area contributed by atoms with Gasteiger partial charge in [0.1, 0.15) is 23.2 Å². The second-order valence-electron chi connectivity index (χ2n) is 6.41. The summed E-state index contributed by atoms with van der Waals surface area (Å²) < 4.78 is 48.4. The maximum Gasteiger partial charge on any atom is 0.341 e. The quantitative estimate of drug-likeness (QED) is 0.551. The molecule has 1 aliphatic heterocycles. The number of aryl methyl sites for hydroxylation is 1. The summed E-state index contributed by atoms with van der Waals surface area (Å²) in [6.45, 7) is 1.30. The van der Waals surface area contributed by atoms with Crippen molar-refractivity contribution in [2.45, 2.75) is 18.4 Å². The van der Waals surface area contributed by atoms with Crippen molar-refractivity contribution in [1.82, 2.24) is 9.97 Å². The van der Waals surface area contributed by atoms with Crippen LogP contribution in [-0.4, -0.2) is 23.1 Å². The zero-order valence-corrected chi connectivity index (χ0v) is 16.7. The van der Waals surface area contributed by atoms with Crippen LogP contribution in [0.15, 0.2) is 47.6 Å². The SMILES string of the molecule is COc1cc(N2Sc3cccnc3N(Cc3c(F)cc(F)cc3F)C2=O)cnc1C. The van der Waals surface area contributed by atoms with Crippen LogP contribution in [0.1, 0.15) is 11.3 Å². The van der Waals surface area contributed by atoms with E-state index in [4.69, 9.17) is 4.74 Å². The Morgan fingerprint density at radius 2 is 1.87 bits per heavy atom. The summed E-state index contributed by atoms with van der Waals surface area (Å²) in [4.78, 5) is 23.4. The number of carbonyl (C=O) groups is 1. The van der Waals surface area contributed by atoms with Gasteiger partial charge in [-0.2, -0.15) is 0 Å². The number of amides is 2. The molecule has 3 heterocycles. The first kappa shape index (κ1) is 20.0. The van der Waals surface area contributed by atoms with Crippen LogP contribution in [0.3, 0.4) is 0 Å². The predicted octanol–water partition coefficient (Wildman–Crippen LogP) is 4.86. The van der Waals surface area contributed by atoms with E-state index in [0.717, 1.165) is 16.8 Å². The highest BCUT2D eigenvalue weighted by Crippen LogP contribution is 2.41. The fraction of sp³-hybridized carbons (Fsp3) is 0.150. The maximum atomic E-state index is 14.2. The van der Waals surface area contributed by atoms with Crippen molar-refractivity contribution in [3.63, 3.8) is 0 Å². The number of benzene rings is 1. The molecule has 0 saturated heterocycles. The van der Waals surface area contributed by atoms with Gasteiger partial charge in [0.25, 0.3) is 0 Å². The molecule has 0 unspecified atom stereocenters. The number of halogens is 3. The number of ether oxygens (including phenoxy) is 1. The molecule has 0 saturated carbocycles. The van der Waals surface area contributed by atoms with Crippen LogP contribution < -0.4 is 13.9 Å². The molecule has 1 aromatic carbocycles. The van der Waals surface area contributed by atoms with E-state index in [1.165, 1.54) is 23.8 Å². The number of nitrogens with zero attached hydrogens (tertiary/aromatic N) is 4. The molecular formula is C20H15F3N4O2S. The molecule has 2 amide bonds. The van der Waals surface area contributed by atoms with E-state index in [9.17, 15) is 18.0 Å². The Morgan fingerprint density at radius 3 is 2.57 bits per heavy atom. The lowest BCUT2D eigenvalue weighted by Crippen LogP contribution is -2.43. The van der Waals surface area contributed by atoms with E-state index < -0.39 is 35.6 Å². The number of rotatable bonds is 4. The van der Waals surface area contributed by atoms with Crippen LogP contribution in [0.4, 0.5) is 29.5 Å². The van der Waals surface area contributed by atoms with Gasteiger partial charge in [-0.1, -0.05) is 0 Å². The van der Waals surface area contributed by atoms with Crippen LogP contribution in [-0.2, 0) is 6.54 Å². The summed E-state index contributed by atoms with van der Waals surface area (Å²) in [5.74, 6) is -2.46. The van der Waals surface area contributed by atoms with Gasteiger partial charge in [0.15, 0.2) is 5.82 Å². The minimum absolute atomic E-state index is 0.249. The Balaban J connectivity index is 1.77. The monoisotopic (exact) mass is 432 g/mol. The molecule has 0 radical (unpaired) electrons. The summed E-state index contributed by atoms with van der Waals surface area (Å²) in [5, 5.41) is 0. The molecule has 0 spiro atoms. The Kier molecular flexibility index (Phi) is 5.25. The summed E-state index contributed by atoms with van der Waals surface area (Å²) in [5.41, 5.74) is 0.630. The Labute approximate surface area is 174 Å². The largest absolute Gasteiger partial charge is 0.495 e. The molecule has 30 heavy (non-hydrogen) atoms. The van der Waals surface area contributed by atoms with Crippen molar-refractivity contribution in [1.29, 1.82) is 0 Å². The first-order valence-electron chi connectivity index (χ1n) is 8.77. The fourth-order valence-electron chi connectivity index (χ4n) is 3.00. The van der Waals surface area contributed by atoms with Crippen molar-refractivity contribution >= 4 is 29.5 Å². The van der Waals surface area contributed by atoms with Crippen LogP contribution in [0, 0.1) is 24.4 Å². The summed E-state index contributed by atoms with van der Waals surface area (Å²) in [6, 6.07) is 5.63. The van der Waals surface area contributed by atoms with Crippen LogP contribution >= 0.6 is 11.9 Å². The lowest BCUT2D eigenvalue weighted by Gasteiger charge is -2.35. The summed E-state index contributed by atoms with van der Waals surface area (Å²) in [6.07, 6.45) is 2.98. The molecular weight excluding hydrogens is 417 g/mol. The number of urea groups is 1. The lowest BCUT2D eigenvalue weighted by molar-refractivity contribution is 0.253. The van der Waals surface area contributed by atoms with Gasteiger partial charge in [-0.05, 0) is 19.1 Å². The standard InChI is InChI=1S/C20H15F3N4O2S/c1-11-17(29-2)8-13(9-25-11)27-20(28)26(19-18(30-27)4-3-5-24-19)10-14-15(22)6-12(21)7-16(14)23/h3-9H,10H2,1-2H3.